The van der Waals surface area contributed by atoms with Crippen LogP contribution >= 0.6 is 11.3 Å². The van der Waals surface area contributed by atoms with Crippen LogP contribution in [0.2, 0.25) is 0 Å². The predicted octanol–water partition coefficient (Wildman–Crippen LogP) is 3.63. The number of aliphatic imine (C=N–C) groups is 1. The molecule has 1 N–H and O–H groups in total. The van der Waals surface area contributed by atoms with Gasteiger partial charge in [-0.1, -0.05) is 11.3 Å². The maximum Gasteiger partial charge on any atom is 0.184 e. The molecule has 3 aromatic rings. The third kappa shape index (κ3) is 3.11. The summed E-state index contributed by atoms with van der Waals surface area (Å²) in [6.07, 6.45) is 9.05. The van der Waals surface area contributed by atoms with E-state index in [0.717, 1.165) is 45.8 Å². The summed E-state index contributed by atoms with van der Waals surface area (Å²) in [6.45, 7) is 6.00. The molecule has 24 heavy (non-hydrogen) atoms. The lowest BCUT2D eigenvalue weighted by molar-refractivity contribution is 0.958. The molecule has 0 atom stereocenters. The largest absolute Gasteiger partial charge is 0.365 e. The minimum absolute atomic E-state index is 0.872. The smallest absolute Gasteiger partial charge is 0.184 e. The van der Waals surface area contributed by atoms with Crippen molar-refractivity contribution in [3.8, 4) is 5.69 Å². The molecule has 1 aliphatic heterocycles. The predicted molar refractivity (Wildman–Crippen MR) is 98.8 cm³/mol. The van der Waals surface area contributed by atoms with E-state index in [1.807, 2.05) is 36.1 Å². The Morgan fingerprint density at radius 2 is 2.12 bits per heavy atom. The van der Waals surface area contributed by atoms with Gasteiger partial charge in [-0.15, -0.1) is 13.2 Å². The minimum Gasteiger partial charge on any atom is -0.365 e. The Hall–Kier alpha value is -2.80. The van der Waals surface area contributed by atoms with Crippen LogP contribution in [0.1, 0.15) is 17.8 Å². The fourth-order valence-electron chi connectivity index (χ4n) is 2.42. The molecule has 4 heterocycles. The Bertz CT molecular complexity index is 833. The molecule has 7 heteroatoms. The molecule has 0 saturated carbocycles. The summed E-state index contributed by atoms with van der Waals surface area (Å²) in [4.78, 5) is 17.8. The molecule has 0 radical (unpaired) electrons. The van der Waals surface area contributed by atoms with E-state index >= 15 is 0 Å². The molecule has 0 bridgehead atoms. The molecule has 0 aromatic carbocycles. The van der Waals surface area contributed by atoms with E-state index in [9.17, 15) is 0 Å². The maximum atomic E-state index is 4.73. The molecule has 4 rings (SSSR count). The summed E-state index contributed by atoms with van der Waals surface area (Å²) >= 11 is 1.59. The molecule has 0 spiro atoms. The average Bonchev–Trinajstić information content (AvgIpc) is 3.32. The Labute approximate surface area is 144 Å². The topological polar surface area (TPSA) is 68.0 Å². The standard InChI is InChI=1S/C15H14N6S.C2H4/c1-16-15-20-13-5-4-12(19-14(13)22-15)11-3-2-10(8-18-11)21-7-6-17-9-21;1-2/h2-3,6-9H,4-5H2,1H3,(H,16,20);1-2H2. The van der Waals surface area contributed by atoms with E-state index < -0.39 is 0 Å². The number of pyridine rings is 1. The van der Waals surface area contributed by atoms with E-state index in [4.69, 9.17) is 4.99 Å². The van der Waals surface area contributed by atoms with Crippen LogP contribution in [0.3, 0.4) is 0 Å². The highest BCUT2D eigenvalue weighted by Crippen LogP contribution is 2.35. The molecule has 0 aliphatic carbocycles. The van der Waals surface area contributed by atoms with E-state index in [0.29, 0.717) is 0 Å². The van der Waals surface area contributed by atoms with Crippen molar-refractivity contribution >= 4 is 27.2 Å². The lowest BCUT2D eigenvalue weighted by Gasteiger charge is -2.11. The summed E-state index contributed by atoms with van der Waals surface area (Å²) in [5.41, 5.74) is 4.02. The first-order valence-electron chi connectivity index (χ1n) is 7.53. The van der Waals surface area contributed by atoms with E-state index in [1.165, 1.54) is 0 Å². The number of nitrogens with zero attached hydrogens (tertiary/aromatic N) is 5. The van der Waals surface area contributed by atoms with E-state index in [-0.39, 0.29) is 0 Å². The Kier molecular flexibility index (Phi) is 4.81. The number of aromatic nitrogens is 4. The van der Waals surface area contributed by atoms with Crippen molar-refractivity contribution in [1.82, 2.24) is 19.5 Å². The fourth-order valence-corrected chi connectivity index (χ4v) is 3.29. The lowest BCUT2D eigenvalue weighted by Crippen LogP contribution is -2.09. The van der Waals surface area contributed by atoms with Gasteiger partial charge in [0, 0.05) is 19.4 Å². The van der Waals surface area contributed by atoms with Crippen molar-refractivity contribution in [3.63, 3.8) is 0 Å². The zero-order valence-corrected chi connectivity index (χ0v) is 14.3. The van der Waals surface area contributed by atoms with Gasteiger partial charge in [-0.2, -0.15) is 0 Å². The summed E-state index contributed by atoms with van der Waals surface area (Å²) in [6, 6.07) is 4.05. The Balaban J connectivity index is 0.000000815. The van der Waals surface area contributed by atoms with Crippen molar-refractivity contribution in [2.45, 2.75) is 12.8 Å². The van der Waals surface area contributed by atoms with Gasteiger partial charge in [-0.3, -0.25) is 4.98 Å². The first kappa shape index (κ1) is 16.1. The monoisotopic (exact) mass is 338 g/mol. The van der Waals surface area contributed by atoms with Crippen molar-refractivity contribution < 1.29 is 0 Å². The number of thiazole rings is 1. The maximum absolute atomic E-state index is 4.73. The van der Waals surface area contributed by atoms with Crippen molar-refractivity contribution in [2.75, 3.05) is 12.4 Å². The minimum atomic E-state index is 0.872. The van der Waals surface area contributed by atoms with Gasteiger partial charge in [0.1, 0.15) is 5.00 Å². The summed E-state index contributed by atoms with van der Waals surface area (Å²) in [5.74, 6) is 0. The van der Waals surface area contributed by atoms with Gasteiger partial charge in [-0.05, 0) is 25.0 Å². The Morgan fingerprint density at radius 3 is 2.79 bits per heavy atom. The van der Waals surface area contributed by atoms with Crippen LogP contribution in [0.25, 0.3) is 5.69 Å². The van der Waals surface area contributed by atoms with Gasteiger partial charge in [0.05, 0.1) is 35.3 Å². The Morgan fingerprint density at radius 1 is 1.25 bits per heavy atom. The van der Waals surface area contributed by atoms with Crippen LogP contribution in [0, 0.1) is 0 Å². The summed E-state index contributed by atoms with van der Waals surface area (Å²) in [7, 11) is 1.88. The second-order valence-corrected chi connectivity index (χ2v) is 5.93. The number of nitrogens with one attached hydrogen (secondary N) is 1. The SMILES string of the molecule is C=C.CNc1nc2c(s1)N=C(c1ccc(-n3ccnc3)cn1)CC2. The van der Waals surface area contributed by atoms with Crippen LogP contribution in [-0.4, -0.2) is 32.3 Å². The molecule has 122 valence electrons. The summed E-state index contributed by atoms with van der Waals surface area (Å²) < 4.78 is 1.93. The first-order valence-corrected chi connectivity index (χ1v) is 8.35. The van der Waals surface area contributed by atoms with Crippen LogP contribution in [0.4, 0.5) is 10.1 Å². The summed E-state index contributed by atoms with van der Waals surface area (Å²) in [5, 5.41) is 4.98. The second kappa shape index (κ2) is 7.18. The van der Waals surface area contributed by atoms with Gasteiger partial charge in [-0.25, -0.2) is 15.0 Å². The van der Waals surface area contributed by atoms with Gasteiger partial charge < -0.3 is 9.88 Å². The number of anilines is 1. The number of rotatable bonds is 3. The molecule has 0 unspecified atom stereocenters. The average molecular weight is 338 g/mol. The molecule has 6 nitrogen and oxygen atoms in total. The highest BCUT2D eigenvalue weighted by atomic mass is 32.1. The normalized spacial score (nSPS) is 12.6. The zero-order chi connectivity index (χ0) is 16.9. The third-order valence-electron chi connectivity index (χ3n) is 3.57. The molecule has 0 fully saturated rings. The molecule has 1 aliphatic rings. The molecule has 0 amide bonds. The van der Waals surface area contributed by atoms with Gasteiger partial charge in [0.15, 0.2) is 5.13 Å². The molecule has 0 saturated heterocycles. The van der Waals surface area contributed by atoms with Crippen LogP contribution in [0.5, 0.6) is 0 Å². The van der Waals surface area contributed by atoms with Crippen LogP contribution in [-0.2, 0) is 6.42 Å². The fraction of sp³-hybridized carbons (Fsp3) is 0.176. The number of hydrogen-bond donors (Lipinski definition) is 1. The second-order valence-electron chi connectivity index (χ2n) is 4.95. The van der Waals surface area contributed by atoms with Crippen LogP contribution < -0.4 is 5.32 Å². The van der Waals surface area contributed by atoms with Crippen LogP contribution in [0.15, 0.2) is 55.2 Å². The molecular formula is C17H18N6S. The zero-order valence-electron chi connectivity index (χ0n) is 13.4. The third-order valence-corrected chi connectivity index (χ3v) is 4.58. The van der Waals surface area contributed by atoms with Crippen molar-refractivity contribution in [3.05, 3.63) is 61.6 Å². The van der Waals surface area contributed by atoms with Gasteiger partial charge in [0.2, 0.25) is 0 Å². The number of hydrogen-bond acceptors (Lipinski definition) is 6. The lowest BCUT2D eigenvalue weighted by atomic mass is 10.1. The number of aryl methyl sites for hydroxylation is 1. The molecular weight excluding hydrogens is 320 g/mol. The van der Waals surface area contributed by atoms with Crippen molar-refractivity contribution in [1.29, 1.82) is 0 Å². The van der Waals surface area contributed by atoms with Crippen molar-refractivity contribution in [2.24, 2.45) is 4.99 Å². The van der Waals surface area contributed by atoms with E-state index in [2.05, 4.69) is 33.4 Å². The van der Waals surface area contributed by atoms with Gasteiger partial charge in [0.25, 0.3) is 0 Å². The first-order chi connectivity index (χ1) is 11.8. The number of imidazole rings is 1. The highest BCUT2D eigenvalue weighted by molar-refractivity contribution is 7.19. The quantitative estimate of drug-likeness (QED) is 0.740. The number of fused-ring (bicyclic) bond motifs is 1. The van der Waals surface area contributed by atoms with Gasteiger partial charge >= 0.3 is 0 Å². The molecule has 3 aromatic heterocycles. The highest BCUT2D eigenvalue weighted by Gasteiger charge is 2.18. The van der Waals surface area contributed by atoms with E-state index in [1.54, 1.807) is 23.9 Å².